The van der Waals surface area contributed by atoms with Crippen molar-refractivity contribution in [2.24, 2.45) is 0 Å². The Kier molecular flexibility index (Phi) is 5.55. The summed E-state index contributed by atoms with van der Waals surface area (Å²) in [5.41, 5.74) is -0.235. The average molecular weight is 275 g/mol. The molecule has 0 radical (unpaired) electrons. The summed E-state index contributed by atoms with van der Waals surface area (Å²) in [7, 11) is 1.67. The first-order valence-electron chi connectivity index (χ1n) is 5.80. The zero-order valence-corrected chi connectivity index (χ0v) is 11.9. The lowest BCUT2D eigenvalue weighted by atomic mass is 10.1. The summed E-state index contributed by atoms with van der Waals surface area (Å²) in [5.74, 6) is 0.415. The number of nitrogens with zero attached hydrogens (tertiary/aromatic N) is 3. The van der Waals surface area contributed by atoms with E-state index in [4.69, 9.17) is 21.1 Å². The lowest BCUT2D eigenvalue weighted by Crippen LogP contribution is -2.25. The van der Waals surface area contributed by atoms with Crippen molar-refractivity contribution in [3.63, 3.8) is 0 Å². The van der Waals surface area contributed by atoms with Crippen molar-refractivity contribution in [2.45, 2.75) is 32.8 Å². The predicted molar refractivity (Wildman–Crippen MR) is 70.2 cm³/mol. The molecule has 0 amide bonds. The van der Waals surface area contributed by atoms with Gasteiger partial charge in [0.25, 0.3) is 0 Å². The first kappa shape index (κ1) is 14.9. The second-order valence-electron chi connectivity index (χ2n) is 4.30. The highest BCUT2D eigenvalue weighted by molar-refractivity contribution is 6.28. The number of halogens is 1. The average Bonchev–Trinajstić information content (AvgIpc) is 2.28. The van der Waals surface area contributed by atoms with E-state index >= 15 is 0 Å². The molecule has 102 valence electrons. The maximum absolute atomic E-state index is 5.77. The van der Waals surface area contributed by atoms with E-state index in [1.807, 2.05) is 20.8 Å². The molecule has 1 aromatic rings. The Hall–Kier alpha value is -1.14. The molecule has 0 aliphatic carbocycles. The van der Waals surface area contributed by atoms with E-state index in [-0.39, 0.29) is 16.9 Å². The number of rotatable bonds is 7. The molecule has 0 fully saturated rings. The summed E-state index contributed by atoms with van der Waals surface area (Å²) in [4.78, 5) is 11.9. The highest BCUT2D eigenvalue weighted by Gasteiger charge is 2.16. The molecule has 6 nitrogen and oxygen atoms in total. The predicted octanol–water partition coefficient (Wildman–Crippen LogP) is 2.15. The molecule has 1 heterocycles. The van der Waals surface area contributed by atoms with Gasteiger partial charge in [0, 0.05) is 20.1 Å². The van der Waals surface area contributed by atoms with Gasteiger partial charge in [0.05, 0.1) is 12.2 Å². The normalized spacial score (nSPS) is 11.4. The molecule has 1 aromatic heterocycles. The van der Waals surface area contributed by atoms with Crippen molar-refractivity contribution >= 4 is 17.5 Å². The molecule has 0 bridgehead atoms. The number of hydrogen-bond donors (Lipinski definition) is 1. The van der Waals surface area contributed by atoms with Crippen molar-refractivity contribution < 1.29 is 9.47 Å². The van der Waals surface area contributed by atoms with Gasteiger partial charge in [-0.3, -0.25) is 0 Å². The first-order chi connectivity index (χ1) is 8.46. The molecule has 1 rings (SSSR count). The third kappa shape index (κ3) is 5.01. The van der Waals surface area contributed by atoms with Crippen LogP contribution in [0.25, 0.3) is 0 Å². The minimum Gasteiger partial charge on any atom is -0.463 e. The van der Waals surface area contributed by atoms with Gasteiger partial charge < -0.3 is 14.8 Å². The van der Waals surface area contributed by atoms with Crippen LogP contribution >= 0.6 is 11.6 Å². The Morgan fingerprint density at radius 2 is 2.00 bits per heavy atom. The lowest BCUT2D eigenvalue weighted by molar-refractivity contribution is 0.00467. The smallest absolute Gasteiger partial charge is 0.322 e. The van der Waals surface area contributed by atoms with Gasteiger partial charge in [0.15, 0.2) is 0 Å². The zero-order chi connectivity index (χ0) is 13.6. The van der Waals surface area contributed by atoms with Crippen LogP contribution in [0.5, 0.6) is 6.01 Å². The van der Waals surface area contributed by atoms with Crippen LogP contribution in [0.1, 0.15) is 27.2 Å². The van der Waals surface area contributed by atoms with E-state index < -0.39 is 0 Å². The fourth-order valence-corrected chi connectivity index (χ4v) is 1.28. The van der Waals surface area contributed by atoms with E-state index in [1.54, 1.807) is 7.11 Å². The minimum atomic E-state index is -0.235. The second kappa shape index (κ2) is 6.70. The third-order valence-corrected chi connectivity index (χ3v) is 2.58. The van der Waals surface area contributed by atoms with Crippen LogP contribution in [0, 0.1) is 0 Å². The Morgan fingerprint density at radius 3 is 2.61 bits per heavy atom. The molecule has 7 heteroatoms. The Morgan fingerprint density at radius 1 is 1.28 bits per heavy atom. The maximum atomic E-state index is 5.77. The Balaban J connectivity index is 2.56. The summed E-state index contributed by atoms with van der Waals surface area (Å²) >= 11 is 5.77. The van der Waals surface area contributed by atoms with Crippen molar-refractivity contribution in [2.75, 3.05) is 25.6 Å². The molecule has 0 atom stereocenters. The molecule has 0 spiro atoms. The summed E-state index contributed by atoms with van der Waals surface area (Å²) in [6, 6.07) is 0.220. The van der Waals surface area contributed by atoms with Gasteiger partial charge in [-0.2, -0.15) is 15.0 Å². The summed E-state index contributed by atoms with van der Waals surface area (Å²) < 4.78 is 10.7. The summed E-state index contributed by atoms with van der Waals surface area (Å²) in [5, 5.41) is 3.07. The molecule has 0 aliphatic rings. The van der Waals surface area contributed by atoms with Gasteiger partial charge in [-0.15, -0.1) is 0 Å². The lowest BCUT2D eigenvalue weighted by Gasteiger charge is -2.22. The van der Waals surface area contributed by atoms with Crippen LogP contribution in [-0.4, -0.2) is 40.8 Å². The number of anilines is 1. The van der Waals surface area contributed by atoms with Gasteiger partial charge in [0.2, 0.25) is 11.2 Å². The quantitative estimate of drug-likeness (QED) is 0.822. The van der Waals surface area contributed by atoms with Crippen LogP contribution in [0.2, 0.25) is 5.28 Å². The molecule has 18 heavy (non-hydrogen) atoms. The number of methoxy groups -OCH3 is 1. The number of aromatic nitrogens is 3. The fraction of sp³-hybridized carbons (Fsp3) is 0.727. The molecular weight excluding hydrogens is 256 g/mol. The molecular formula is C11H19ClN4O2. The van der Waals surface area contributed by atoms with Crippen LogP contribution in [0.15, 0.2) is 0 Å². The minimum absolute atomic E-state index is 0.113. The first-order valence-corrected chi connectivity index (χ1v) is 6.18. The van der Waals surface area contributed by atoms with Crippen molar-refractivity contribution in [1.82, 2.24) is 15.0 Å². The van der Waals surface area contributed by atoms with Crippen LogP contribution in [0.3, 0.4) is 0 Å². The van der Waals surface area contributed by atoms with Gasteiger partial charge in [-0.25, -0.2) is 0 Å². The second-order valence-corrected chi connectivity index (χ2v) is 4.64. The van der Waals surface area contributed by atoms with E-state index in [1.165, 1.54) is 0 Å². The van der Waals surface area contributed by atoms with Crippen molar-refractivity contribution in [1.29, 1.82) is 0 Å². The van der Waals surface area contributed by atoms with Gasteiger partial charge in [-0.1, -0.05) is 0 Å². The SMILES string of the molecule is CCNc1nc(Cl)nc(OCCC(C)(C)OC)n1. The topological polar surface area (TPSA) is 69.2 Å². The van der Waals surface area contributed by atoms with Gasteiger partial charge >= 0.3 is 6.01 Å². The highest BCUT2D eigenvalue weighted by atomic mass is 35.5. The number of hydrogen-bond acceptors (Lipinski definition) is 6. The molecule has 1 N–H and O–H groups in total. The molecule has 0 aromatic carbocycles. The van der Waals surface area contributed by atoms with E-state index in [2.05, 4.69) is 20.3 Å². The number of nitrogens with one attached hydrogen (secondary N) is 1. The third-order valence-electron chi connectivity index (χ3n) is 2.41. The molecule has 0 saturated carbocycles. The summed E-state index contributed by atoms with van der Waals surface area (Å²) in [6.07, 6.45) is 0.726. The van der Waals surface area contributed by atoms with Crippen LogP contribution in [-0.2, 0) is 4.74 Å². The van der Waals surface area contributed by atoms with E-state index in [0.717, 1.165) is 6.42 Å². The zero-order valence-electron chi connectivity index (χ0n) is 11.2. The van der Waals surface area contributed by atoms with Gasteiger partial charge in [-0.05, 0) is 32.4 Å². The summed E-state index contributed by atoms with van der Waals surface area (Å²) in [6.45, 7) is 7.07. The largest absolute Gasteiger partial charge is 0.463 e. The van der Waals surface area contributed by atoms with Gasteiger partial charge in [0.1, 0.15) is 0 Å². The Labute approximate surface area is 112 Å². The fourth-order valence-electron chi connectivity index (χ4n) is 1.12. The van der Waals surface area contributed by atoms with Crippen molar-refractivity contribution in [3.8, 4) is 6.01 Å². The molecule has 0 unspecified atom stereocenters. The maximum Gasteiger partial charge on any atom is 0.322 e. The van der Waals surface area contributed by atoms with Crippen LogP contribution in [0.4, 0.5) is 5.95 Å². The molecule has 0 aliphatic heterocycles. The highest BCUT2D eigenvalue weighted by Crippen LogP contribution is 2.15. The van der Waals surface area contributed by atoms with E-state index in [9.17, 15) is 0 Å². The number of ether oxygens (including phenoxy) is 2. The van der Waals surface area contributed by atoms with Crippen molar-refractivity contribution in [3.05, 3.63) is 5.28 Å². The Bertz CT molecular complexity index is 387. The van der Waals surface area contributed by atoms with Crippen LogP contribution < -0.4 is 10.1 Å². The standard InChI is InChI=1S/C11H19ClN4O2/c1-5-13-9-14-8(12)15-10(16-9)18-7-6-11(2,3)17-4/h5-7H2,1-4H3,(H,13,14,15,16). The molecule has 0 saturated heterocycles. The monoisotopic (exact) mass is 274 g/mol. The van der Waals surface area contributed by atoms with E-state index in [0.29, 0.717) is 19.1 Å².